The first kappa shape index (κ1) is 18.2. The van der Waals surface area contributed by atoms with Gasteiger partial charge in [0.1, 0.15) is 6.54 Å². The number of likely N-dealkylation sites (tertiary alicyclic amines) is 1. The lowest BCUT2D eigenvalue weighted by atomic mass is 9.90. The smallest absolute Gasteiger partial charge is 0.315 e. The van der Waals surface area contributed by atoms with E-state index in [-0.39, 0.29) is 6.54 Å². The van der Waals surface area contributed by atoms with Crippen LogP contribution in [-0.2, 0) is 16.1 Å². The quantitative estimate of drug-likeness (QED) is 0.775. The monoisotopic (exact) mass is 359 g/mol. The molecule has 0 aliphatic carbocycles. The number of piperidine rings is 1. The fraction of sp³-hybridized carbons (Fsp3) is 0.526. The van der Waals surface area contributed by atoms with E-state index in [0.29, 0.717) is 24.1 Å². The van der Waals surface area contributed by atoms with Crippen LogP contribution in [0.25, 0.3) is 0 Å². The fourth-order valence-electron chi connectivity index (χ4n) is 3.35. The number of urea groups is 1. The van der Waals surface area contributed by atoms with Crippen molar-refractivity contribution in [3.05, 3.63) is 35.4 Å². The van der Waals surface area contributed by atoms with Crippen molar-refractivity contribution >= 4 is 18.0 Å². The van der Waals surface area contributed by atoms with E-state index in [1.54, 1.807) is 4.90 Å². The molecule has 2 saturated heterocycles. The molecular formula is C19H25N3O4. The molecule has 0 atom stereocenters. The highest BCUT2D eigenvalue weighted by atomic mass is 16.7. The zero-order valence-corrected chi connectivity index (χ0v) is 15.3. The lowest BCUT2D eigenvalue weighted by molar-refractivity contribution is -0.149. The van der Waals surface area contributed by atoms with Gasteiger partial charge < -0.3 is 14.6 Å². The van der Waals surface area contributed by atoms with Crippen molar-refractivity contribution in [2.24, 2.45) is 5.92 Å². The Morgan fingerprint density at radius 1 is 1.15 bits per heavy atom. The molecule has 0 spiro atoms. The Kier molecular flexibility index (Phi) is 5.44. The van der Waals surface area contributed by atoms with Gasteiger partial charge in [-0.1, -0.05) is 34.9 Å². The molecular weight excluding hydrogens is 334 g/mol. The molecule has 26 heavy (non-hydrogen) atoms. The Morgan fingerprint density at radius 3 is 2.38 bits per heavy atom. The van der Waals surface area contributed by atoms with Gasteiger partial charge in [-0.3, -0.25) is 4.79 Å². The summed E-state index contributed by atoms with van der Waals surface area (Å²) in [5, 5.41) is 0.561. The molecule has 2 fully saturated rings. The summed E-state index contributed by atoms with van der Waals surface area (Å²) in [6.45, 7) is 3.19. The van der Waals surface area contributed by atoms with Gasteiger partial charge >= 0.3 is 12.1 Å². The standard InChI is InChI=1S/C19H25N3O4/c1-14-3-5-15(6-4-14)7-8-16-9-11-21(12-10-16)19(25)26-22-17(23)13-20(2)18(22)24/h3-6,16H,7-13H2,1-2H3. The number of amides is 4. The lowest BCUT2D eigenvalue weighted by Gasteiger charge is -2.31. The predicted molar refractivity (Wildman–Crippen MR) is 95.2 cm³/mol. The fourth-order valence-corrected chi connectivity index (χ4v) is 3.35. The third-order valence-electron chi connectivity index (χ3n) is 5.10. The SMILES string of the molecule is Cc1ccc(CCC2CCN(C(=O)ON3C(=O)CN(C)C3=O)CC2)cc1. The van der Waals surface area contributed by atoms with Crippen molar-refractivity contribution in [2.45, 2.75) is 32.6 Å². The zero-order chi connectivity index (χ0) is 18.7. The third-order valence-corrected chi connectivity index (χ3v) is 5.10. The molecule has 1 aromatic rings. The van der Waals surface area contributed by atoms with Gasteiger partial charge in [-0.2, -0.15) is 0 Å². The highest BCUT2D eigenvalue weighted by molar-refractivity contribution is 6.01. The van der Waals surface area contributed by atoms with Crippen LogP contribution in [0.1, 0.15) is 30.4 Å². The van der Waals surface area contributed by atoms with Crippen molar-refractivity contribution in [1.82, 2.24) is 14.9 Å². The summed E-state index contributed by atoms with van der Waals surface area (Å²) in [6, 6.07) is 8.00. The summed E-state index contributed by atoms with van der Waals surface area (Å²) in [5.41, 5.74) is 2.61. The molecule has 0 bridgehead atoms. The number of rotatable bonds is 4. The molecule has 0 saturated carbocycles. The minimum Gasteiger partial charge on any atom is -0.315 e. The minimum absolute atomic E-state index is 0.0623. The van der Waals surface area contributed by atoms with E-state index in [1.165, 1.54) is 23.1 Å². The van der Waals surface area contributed by atoms with Crippen LogP contribution in [0.5, 0.6) is 0 Å². The maximum Gasteiger partial charge on any atom is 0.434 e. The van der Waals surface area contributed by atoms with Crippen LogP contribution < -0.4 is 0 Å². The van der Waals surface area contributed by atoms with E-state index < -0.39 is 18.0 Å². The molecule has 2 aliphatic rings. The van der Waals surface area contributed by atoms with Crippen LogP contribution in [0, 0.1) is 12.8 Å². The lowest BCUT2D eigenvalue weighted by Crippen LogP contribution is -2.43. The van der Waals surface area contributed by atoms with Crippen LogP contribution in [0.15, 0.2) is 24.3 Å². The van der Waals surface area contributed by atoms with Crippen molar-refractivity contribution in [1.29, 1.82) is 0 Å². The Balaban J connectivity index is 1.43. The van der Waals surface area contributed by atoms with E-state index in [2.05, 4.69) is 31.2 Å². The molecule has 7 heteroatoms. The zero-order valence-electron chi connectivity index (χ0n) is 15.3. The van der Waals surface area contributed by atoms with Crippen LogP contribution in [0.3, 0.4) is 0 Å². The van der Waals surface area contributed by atoms with Gasteiger partial charge in [0, 0.05) is 20.1 Å². The van der Waals surface area contributed by atoms with Gasteiger partial charge in [0.2, 0.25) is 0 Å². The molecule has 1 aromatic carbocycles. The topological polar surface area (TPSA) is 70.2 Å². The first-order valence-corrected chi connectivity index (χ1v) is 9.04. The number of carbonyl (C=O) groups is 3. The number of carbonyl (C=O) groups excluding carboxylic acids is 3. The second-order valence-corrected chi connectivity index (χ2v) is 7.14. The third kappa shape index (κ3) is 4.15. The molecule has 7 nitrogen and oxygen atoms in total. The van der Waals surface area contributed by atoms with Gasteiger partial charge in [-0.05, 0) is 44.1 Å². The molecule has 0 unspecified atom stereocenters. The predicted octanol–water partition coefficient (Wildman–Crippen LogP) is 2.59. The molecule has 2 heterocycles. The number of hydrogen-bond acceptors (Lipinski definition) is 4. The van der Waals surface area contributed by atoms with E-state index in [0.717, 1.165) is 25.7 Å². The summed E-state index contributed by atoms with van der Waals surface area (Å²) in [4.78, 5) is 43.4. The first-order chi connectivity index (χ1) is 12.4. The number of imide groups is 1. The Hall–Kier alpha value is -2.57. The molecule has 2 aliphatic heterocycles. The van der Waals surface area contributed by atoms with Gasteiger partial charge in [-0.15, -0.1) is 0 Å². The average molecular weight is 359 g/mol. The Morgan fingerprint density at radius 2 is 1.81 bits per heavy atom. The molecule has 0 N–H and O–H groups in total. The number of nitrogens with zero attached hydrogens (tertiary/aromatic N) is 3. The van der Waals surface area contributed by atoms with Gasteiger partial charge in [0.15, 0.2) is 0 Å². The maximum absolute atomic E-state index is 12.2. The molecule has 0 radical (unpaired) electrons. The van der Waals surface area contributed by atoms with Crippen molar-refractivity contribution < 1.29 is 19.2 Å². The Bertz CT molecular complexity index is 681. The average Bonchev–Trinajstić information content (AvgIpc) is 2.88. The van der Waals surface area contributed by atoms with Crippen LogP contribution in [-0.4, -0.2) is 59.6 Å². The largest absolute Gasteiger partial charge is 0.434 e. The first-order valence-electron chi connectivity index (χ1n) is 9.04. The van der Waals surface area contributed by atoms with Crippen LogP contribution in [0.2, 0.25) is 0 Å². The van der Waals surface area contributed by atoms with E-state index in [9.17, 15) is 14.4 Å². The van der Waals surface area contributed by atoms with E-state index in [1.807, 2.05) is 0 Å². The summed E-state index contributed by atoms with van der Waals surface area (Å²) >= 11 is 0. The Labute approximate surface area is 153 Å². The van der Waals surface area contributed by atoms with E-state index in [4.69, 9.17) is 4.84 Å². The number of hydroxylamine groups is 2. The molecule has 0 aromatic heterocycles. The second-order valence-electron chi connectivity index (χ2n) is 7.14. The summed E-state index contributed by atoms with van der Waals surface area (Å²) in [6.07, 6.45) is 3.32. The van der Waals surface area contributed by atoms with Gasteiger partial charge in [0.25, 0.3) is 5.91 Å². The number of likely N-dealkylation sites (N-methyl/N-ethyl adjacent to an activating group) is 1. The summed E-state index contributed by atoms with van der Waals surface area (Å²) in [5.74, 6) is 0.0559. The van der Waals surface area contributed by atoms with Crippen LogP contribution in [0.4, 0.5) is 9.59 Å². The van der Waals surface area contributed by atoms with Crippen molar-refractivity contribution in [3.8, 4) is 0 Å². The van der Waals surface area contributed by atoms with Gasteiger partial charge in [-0.25, -0.2) is 9.59 Å². The molecule has 140 valence electrons. The number of aryl methyl sites for hydroxylation is 2. The highest BCUT2D eigenvalue weighted by Gasteiger charge is 2.38. The summed E-state index contributed by atoms with van der Waals surface area (Å²) in [7, 11) is 1.49. The molecule has 3 rings (SSSR count). The normalized spacial score (nSPS) is 18.6. The maximum atomic E-state index is 12.2. The number of benzene rings is 1. The molecule has 4 amide bonds. The van der Waals surface area contributed by atoms with Crippen molar-refractivity contribution in [3.63, 3.8) is 0 Å². The van der Waals surface area contributed by atoms with Crippen LogP contribution >= 0.6 is 0 Å². The van der Waals surface area contributed by atoms with Gasteiger partial charge in [0.05, 0.1) is 0 Å². The second kappa shape index (κ2) is 7.76. The minimum atomic E-state index is -0.626. The van der Waals surface area contributed by atoms with E-state index >= 15 is 0 Å². The van der Waals surface area contributed by atoms with Crippen molar-refractivity contribution in [2.75, 3.05) is 26.7 Å². The highest BCUT2D eigenvalue weighted by Crippen LogP contribution is 2.23. The number of hydrogen-bond donors (Lipinski definition) is 0. The summed E-state index contributed by atoms with van der Waals surface area (Å²) < 4.78 is 0.